The van der Waals surface area contributed by atoms with Gasteiger partial charge < -0.3 is 18.9 Å². The molecule has 1 amide bonds. The number of aryl methyl sites for hydroxylation is 1. The molecule has 0 spiro atoms. The number of ether oxygens (including phenoxy) is 1. The van der Waals surface area contributed by atoms with Gasteiger partial charge in [-0.1, -0.05) is 0 Å². The number of hydrogen-bond donors (Lipinski definition) is 1. The summed E-state index contributed by atoms with van der Waals surface area (Å²) < 4.78 is 42.6. The molecule has 1 aliphatic heterocycles. The summed E-state index contributed by atoms with van der Waals surface area (Å²) in [5.74, 6) is -0.0424. The van der Waals surface area contributed by atoms with Crippen LogP contribution < -0.4 is 5.32 Å². The van der Waals surface area contributed by atoms with Gasteiger partial charge in [0.25, 0.3) is 10.0 Å². The van der Waals surface area contributed by atoms with E-state index in [1.165, 1.54) is 12.1 Å². The van der Waals surface area contributed by atoms with Crippen molar-refractivity contribution in [1.82, 2.24) is 9.62 Å². The molecule has 2 aromatic heterocycles. The van der Waals surface area contributed by atoms with Crippen LogP contribution in [0, 0.1) is 6.92 Å². The van der Waals surface area contributed by atoms with Crippen LogP contribution in [0.15, 0.2) is 38.2 Å². The molecule has 2 unspecified atom stereocenters. The predicted octanol–water partition coefficient (Wildman–Crippen LogP) is 2.39. The Morgan fingerprint density at radius 3 is 2.69 bits per heavy atom. The van der Waals surface area contributed by atoms with Crippen molar-refractivity contribution in [2.24, 2.45) is 0 Å². The molecule has 3 rings (SSSR count). The van der Waals surface area contributed by atoms with Gasteiger partial charge in [-0.15, -0.1) is 0 Å². The monoisotopic (exact) mass is 424 g/mol. The number of carbonyl (C=O) groups is 2. The van der Waals surface area contributed by atoms with E-state index in [4.69, 9.17) is 13.6 Å². The van der Waals surface area contributed by atoms with E-state index in [-0.39, 0.29) is 18.9 Å². The first kappa shape index (κ1) is 21.1. The number of esters is 1. The third-order valence-corrected chi connectivity index (χ3v) is 6.46. The largest absolute Gasteiger partial charge is 0.464 e. The summed E-state index contributed by atoms with van der Waals surface area (Å²) in [6.45, 7) is 5.53. The van der Waals surface area contributed by atoms with Crippen LogP contribution in [0.2, 0.25) is 0 Å². The lowest BCUT2D eigenvalue weighted by molar-refractivity contribution is -0.125. The fraction of sp³-hybridized carbons (Fsp3) is 0.474. The number of nitrogens with one attached hydrogen (secondary N) is 1. The van der Waals surface area contributed by atoms with Crippen molar-refractivity contribution >= 4 is 21.9 Å². The van der Waals surface area contributed by atoms with Crippen molar-refractivity contribution in [3.63, 3.8) is 0 Å². The van der Waals surface area contributed by atoms with E-state index in [9.17, 15) is 18.0 Å². The minimum absolute atomic E-state index is 0.142. The van der Waals surface area contributed by atoms with E-state index in [0.29, 0.717) is 18.6 Å². The standard InChI is InChI=1S/C19H24N2O7S/c1-4-26-19(23)16-9-10-17(28-16)29(24,25)21-11-5-6-14(21)18(22)20-13(3)15-8-7-12(2)27-15/h7-10,13-14H,4-6,11H2,1-3H3,(H,20,22). The van der Waals surface area contributed by atoms with Crippen LogP contribution >= 0.6 is 0 Å². The van der Waals surface area contributed by atoms with Gasteiger partial charge in [0.1, 0.15) is 17.6 Å². The molecule has 29 heavy (non-hydrogen) atoms. The number of hydrogen-bond acceptors (Lipinski definition) is 7. The van der Waals surface area contributed by atoms with E-state index in [0.717, 1.165) is 10.1 Å². The molecule has 1 fully saturated rings. The molecule has 158 valence electrons. The summed E-state index contributed by atoms with van der Waals surface area (Å²) in [6, 6.07) is 4.74. The molecule has 2 aromatic rings. The van der Waals surface area contributed by atoms with E-state index in [1.807, 2.05) is 0 Å². The zero-order chi connectivity index (χ0) is 21.2. The number of amides is 1. The molecule has 1 saturated heterocycles. The van der Waals surface area contributed by atoms with Gasteiger partial charge in [0.2, 0.25) is 16.8 Å². The first-order valence-corrected chi connectivity index (χ1v) is 10.8. The second-order valence-electron chi connectivity index (χ2n) is 6.79. The van der Waals surface area contributed by atoms with Crippen LogP contribution in [0.4, 0.5) is 0 Å². The Morgan fingerprint density at radius 2 is 2.03 bits per heavy atom. The normalized spacial score (nSPS) is 18.5. The van der Waals surface area contributed by atoms with Crippen molar-refractivity contribution < 1.29 is 31.6 Å². The molecule has 10 heteroatoms. The van der Waals surface area contributed by atoms with Crippen LogP contribution in [0.25, 0.3) is 0 Å². The van der Waals surface area contributed by atoms with Crippen molar-refractivity contribution in [2.75, 3.05) is 13.2 Å². The summed E-state index contributed by atoms with van der Waals surface area (Å²) in [6.07, 6.45) is 0.928. The molecular weight excluding hydrogens is 400 g/mol. The lowest BCUT2D eigenvalue weighted by Gasteiger charge is -2.23. The molecule has 9 nitrogen and oxygen atoms in total. The average Bonchev–Trinajstić information content (AvgIpc) is 3.41. The van der Waals surface area contributed by atoms with Gasteiger partial charge in [-0.2, -0.15) is 4.31 Å². The van der Waals surface area contributed by atoms with Gasteiger partial charge in [0.05, 0.1) is 12.6 Å². The fourth-order valence-corrected chi connectivity index (χ4v) is 4.81. The molecule has 0 aromatic carbocycles. The third kappa shape index (κ3) is 4.38. The van der Waals surface area contributed by atoms with E-state index in [1.54, 1.807) is 32.9 Å². The molecular formula is C19H24N2O7S. The maximum absolute atomic E-state index is 13.0. The third-order valence-electron chi connectivity index (χ3n) is 4.67. The van der Waals surface area contributed by atoms with Crippen LogP contribution in [0.3, 0.4) is 0 Å². The van der Waals surface area contributed by atoms with E-state index >= 15 is 0 Å². The SMILES string of the molecule is CCOC(=O)c1ccc(S(=O)(=O)N2CCCC2C(=O)NC(C)c2ccc(C)o2)o1. The molecule has 2 atom stereocenters. The molecule has 0 saturated carbocycles. The number of sulfonamides is 1. The highest BCUT2D eigenvalue weighted by atomic mass is 32.2. The molecule has 0 aliphatic carbocycles. The minimum Gasteiger partial charge on any atom is -0.464 e. The molecule has 3 heterocycles. The van der Waals surface area contributed by atoms with Gasteiger partial charge >= 0.3 is 5.97 Å². The van der Waals surface area contributed by atoms with E-state index < -0.39 is 39.1 Å². The number of rotatable bonds is 7. The Labute approximate surface area is 169 Å². The zero-order valence-corrected chi connectivity index (χ0v) is 17.3. The smallest absolute Gasteiger partial charge is 0.374 e. The number of nitrogens with zero attached hydrogens (tertiary/aromatic N) is 1. The maximum Gasteiger partial charge on any atom is 0.374 e. The summed E-state index contributed by atoms with van der Waals surface area (Å²) in [4.78, 5) is 24.5. The van der Waals surface area contributed by atoms with Crippen LogP contribution in [-0.2, 0) is 19.6 Å². The highest BCUT2D eigenvalue weighted by molar-refractivity contribution is 7.89. The predicted molar refractivity (Wildman–Crippen MR) is 102 cm³/mol. The highest BCUT2D eigenvalue weighted by Gasteiger charge is 2.41. The summed E-state index contributed by atoms with van der Waals surface area (Å²) >= 11 is 0. The van der Waals surface area contributed by atoms with Crippen molar-refractivity contribution in [2.45, 2.75) is 50.8 Å². The van der Waals surface area contributed by atoms with Crippen LogP contribution in [0.5, 0.6) is 0 Å². The van der Waals surface area contributed by atoms with Crippen molar-refractivity contribution in [3.8, 4) is 0 Å². The van der Waals surface area contributed by atoms with Crippen molar-refractivity contribution in [3.05, 3.63) is 41.5 Å². The average molecular weight is 424 g/mol. The maximum atomic E-state index is 13.0. The van der Waals surface area contributed by atoms with Crippen LogP contribution in [-0.4, -0.2) is 43.8 Å². The topological polar surface area (TPSA) is 119 Å². The Balaban J connectivity index is 1.75. The van der Waals surface area contributed by atoms with Gasteiger partial charge in [0, 0.05) is 6.54 Å². The lowest BCUT2D eigenvalue weighted by atomic mass is 10.2. The van der Waals surface area contributed by atoms with Gasteiger partial charge in [-0.25, -0.2) is 13.2 Å². The quantitative estimate of drug-likeness (QED) is 0.678. The molecule has 1 aliphatic rings. The molecule has 0 radical (unpaired) electrons. The molecule has 0 bridgehead atoms. The molecule has 1 N–H and O–H groups in total. The lowest BCUT2D eigenvalue weighted by Crippen LogP contribution is -2.46. The number of furan rings is 2. The van der Waals surface area contributed by atoms with Gasteiger partial charge in [-0.3, -0.25) is 4.79 Å². The Kier molecular flexibility index (Phi) is 6.13. The van der Waals surface area contributed by atoms with Gasteiger partial charge in [-0.05, 0) is 57.9 Å². The van der Waals surface area contributed by atoms with Crippen LogP contribution in [0.1, 0.15) is 54.8 Å². The summed E-state index contributed by atoms with van der Waals surface area (Å²) in [7, 11) is -4.08. The minimum atomic E-state index is -4.08. The van der Waals surface area contributed by atoms with Gasteiger partial charge in [0.15, 0.2) is 0 Å². The summed E-state index contributed by atoms with van der Waals surface area (Å²) in [5, 5.41) is 2.41. The first-order valence-electron chi connectivity index (χ1n) is 9.39. The zero-order valence-electron chi connectivity index (χ0n) is 16.5. The second-order valence-corrected chi connectivity index (χ2v) is 8.61. The fourth-order valence-electron chi connectivity index (χ4n) is 3.24. The highest BCUT2D eigenvalue weighted by Crippen LogP contribution is 2.28. The van der Waals surface area contributed by atoms with E-state index in [2.05, 4.69) is 5.32 Å². The Hall–Kier alpha value is -2.59. The first-order chi connectivity index (χ1) is 13.7. The second kappa shape index (κ2) is 8.42. The summed E-state index contributed by atoms with van der Waals surface area (Å²) in [5.41, 5.74) is 0. The Bertz CT molecular complexity index is 992. The number of carbonyl (C=O) groups excluding carboxylic acids is 2. The van der Waals surface area contributed by atoms with Crippen molar-refractivity contribution in [1.29, 1.82) is 0 Å². The Morgan fingerprint density at radius 1 is 1.28 bits per heavy atom.